The van der Waals surface area contributed by atoms with Crippen LogP contribution < -0.4 is 0 Å². The lowest BCUT2D eigenvalue weighted by atomic mass is 9.83. The lowest BCUT2D eigenvalue weighted by molar-refractivity contribution is 0.0973. The van der Waals surface area contributed by atoms with Gasteiger partial charge in [0.2, 0.25) is 0 Å². The molecule has 0 heterocycles. The summed E-state index contributed by atoms with van der Waals surface area (Å²) in [6.07, 6.45) is 12.4. The first-order valence-electron chi connectivity index (χ1n) is 13.7. The van der Waals surface area contributed by atoms with E-state index in [4.69, 9.17) is 0 Å². The zero-order chi connectivity index (χ0) is 27.1. The molecule has 0 radical (unpaired) electrons. The van der Waals surface area contributed by atoms with Gasteiger partial charge in [-0.3, -0.25) is 9.59 Å². The predicted octanol–water partition coefficient (Wildman–Crippen LogP) is 9.57. The van der Waals surface area contributed by atoms with Gasteiger partial charge in [0.15, 0.2) is 11.6 Å². The summed E-state index contributed by atoms with van der Waals surface area (Å²) in [5, 5.41) is 2.65. The zero-order valence-corrected chi connectivity index (χ0v) is 23.1. The Morgan fingerprint density at radius 3 is 1.97 bits per heavy atom. The molecule has 4 rings (SSSR count). The molecule has 1 aliphatic rings. The van der Waals surface area contributed by atoms with Crippen LogP contribution in [-0.4, -0.2) is 11.6 Å². The van der Waals surface area contributed by atoms with E-state index in [1.165, 1.54) is 33.1 Å². The summed E-state index contributed by atoms with van der Waals surface area (Å²) >= 11 is 0. The Morgan fingerprint density at radius 1 is 0.658 bits per heavy atom. The molecule has 194 valence electrons. The van der Waals surface area contributed by atoms with Crippen LogP contribution in [0.3, 0.4) is 0 Å². The van der Waals surface area contributed by atoms with Gasteiger partial charge < -0.3 is 0 Å². The molecule has 0 fully saturated rings. The summed E-state index contributed by atoms with van der Waals surface area (Å²) in [4.78, 5) is 25.6. The minimum Gasteiger partial charge on any atom is -0.289 e. The Hall–Kier alpha value is -3.78. The van der Waals surface area contributed by atoms with Gasteiger partial charge in [-0.1, -0.05) is 102 Å². The van der Waals surface area contributed by atoms with Crippen molar-refractivity contribution >= 4 is 22.3 Å². The molecule has 0 atom stereocenters. The molecule has 0 saturated heterocycles. The Balaban J connectivity index is 1.25. The molecule has 2 nitrogen and oxygen atoms in total. The number of ketones is 2. The van der Waals surface area contributed by atoms with E-state index in [9.17, 15) is 9.59 Å². The fourth-order valence-corrected chi connectivity index (χ4v) is 5.19. The second-order valence-electron chi connectivity index (χ2n) is 10.6. The van der Waals surface area contributed by atoms with Crippen LogP contribution in [0.1, 0.15) is 86.1 Å². The summed E-state index contributed by atoms with van der Waals surface area (Å²) in [5.41, 5.74) is 7.73. The van der Waals surface area contributed by atoms with E-state index in [1.54, 1.807) is 19.1 Å². The van der Waals surface area contributed by atoms with Crippen LogP contribution in [0.15, 0.2) is 113 Å². The smallest absolute Gasteiger partial charge is 0.190 e. The van der Waals surface area contributed by atoms with Crippen molar-refractivity contribution in [2.75, 3.05) is 0 Å². The molecule has 38 heavy (non-hydrogen) atoms. The first kappa shape index (κ1) is 27.3. The molecule has 3 aromatic carbocycles. The third-order valence-corrected chi connectivity index (χ3v) is 7.55. The van der Waals surface area contributed by atoms with Gasteiger partial charge in [0.05, 0.1) is 0 Å². The van der Waals surface area contributed by atoms with Gasteiger partial charge in [-0.25, -0.2) is 0 Å². The van der Waals surface area contributed by atoms with E-state index in [0.29, 0.717) is 28.7 Å². The summed E-state index contributed by atoms with van der Waals surface area (Å²) in [6.45, 7) is 8.33. The highest BCUT2D eigenvalue weighted by atomic mass is 16.1. The van der Waals surface area contributed by atoms with Crippen molar-refractivity contribution in [2.45, 2.75) is 66.2 Å². The lowest BCUT2D eigenvalue weighted by Crippen LogP contribution is -2.20. The summed E-state index contributed by atoms with van der Waals surface area (Å²) < 4.78 is 0. The van der Waals surface area contributed by atoms with Crippen LogP contribution in [-0.2, 0) is 6.42 Å². The van der Waals surface area contributed by atoms with Crippen LogP contribution in [0.5, 0.6) is 0 Å². The van der Waals surface area contributed by atoms with E-state index >= 15 is 0 Å². The van der Waals surface area contributed by atoms with Gasteiger partial charge in [0.25, 0.3) is 0 Å². The van der Waals surface area contributed by atoms with Crippen LogP contribution in [0.2, 0.25) is 0 Å². The van der Waals surface area contributed by atoms with Crippen molar-refractivity contribution in [3.05, 3.63) is 130 Å². The van der Waals surface area contributed by atoms with Gasteiger partial charge in [-0.2, -0.15) is 0 Å². The molecule has 0 saturated carbocycles. The zero-order valence-electron chi connectivity index (χ0n) is 23.1. The Morgan fingerprint density at radius 2 is 1.24 bits per heavy atom. The topological polar surface area (TPSA) is 34.1 Å². The number of fused-ring (bicyclic) bond motifs is 2. The van der Waals surface area contributed by atoms with Crippen LogP contribution in [0.4, 0.5) is 0 Å². The molecule has 0 spiro atoms. The first-order chi connectivity index (χ1) is 18.3. The lowest BCUT2D eigenvalue weighted by Gasteiger charge is -2.18. The van der Waals surface area contributed by atoms with Gasteiger partial charge in [-0.05, 0) is 82.6 Å². The first-order valence-corrected chi connectivity index (χ1v) is 13.7. The predicted molar refractivity (Wildman–Crippen MR) is 160 cm³/mol. The standard InChI is InChI=1S/C36H38O2/c1-25(13-10-15-27(3)24-30-18-11-17-29-16-5-6-19-32(29)30)12-9-14-26(2)22-23-31-28(4)35(37)33-20-7-8-21-34(33)36(31)38/h5-8,11-12,15-22H,9-10,13-14,23-24H2,1-4H3/b25-12+,26-22+,27-15+. The van der Waals surface area contributed by atoms with Crippen molar-refractivity contribution in [3.8, 4) is 0 Å². The number of allylic oxidation sites excluding steroid dienone is 8. The van der Waals surface area contributed by atoms with Crippen molar-refractivity contribution in [3.63, 3.8) is 0 Å². The molecular formula is C36H38O2. The molecule has 0 bridgehead atoms. The minimum absolute atomic E-state index is 0.0127. The maximum absolute atomic E-state index is 12.9. The fourth-order valence-electron chi connectivity index (χ4n) is 5.19. The highest BCUT2D eigenvalue weighted by molar-refractivity contribution is 6.26. The molecule has 0 amide bonds. The van der Waals surface area contributed by atoms with Crippen LogP contribution in [0, 0.1) is 0 Å². The molecule has 3 aromatic rings. The highest BCUT2D eigenvalue weighted by Gasteiger charge is 2.28. The number of hydrogen-bond donors (Lipinski definition) is 0. The van der Waals surface area contributed by atoms with Gasteiger partial charge in [-0.15, -0.1) is 0 Å². The summed E-state index contributed by atoms with van der Waals surface area (Å²) in [5.74, 6) is -0.0393. The maximum Gasteiger partial charge on any atom is 0.190 e. The molecule has 1 aliphatic carbocycles. The van der Waals surface area contributed by atoms with Gasteiger partial charge in [0, 0.05) is 22.3 Å². The second kappa shape index (κ2) is 12.6. The third-order valence-electron chi connectivity index (χ3n) is 7.55. The molecular weight excluding hydrogens is 464 g/mol. The van der Waals surface area contributed by atoms with Crippen LogP contribution in [0.25, 0.3) is 10.8 Å². The number of hydrogen-bond acceptors (Lipinski definition) is 2. The van der Waals surface area contributed by atoms with Crippen molar-refractivity contribution in [2.24, 2.45) is 0 Å². The molecule has 2 heteroatoms. The van der Waals surface area contributed by atoms with E-state index in [2.05, 4.69) is 81.5 Å². The molecule has 0 N–H and O–H groups in total. The van der Waals surface area contributed by atoms with E-state index in [0.717, 1.165) is 32.1 Å². The second-order valence-corrected chi connectivity index (χ2v) is 10.6. The molecule has 0 aromatic heterocycles. The normalized spacial score (nSPS) is 14.9. The van der Waals surface area contributed by atoms with Crippen molar-refractivity contribution < 1.29 is 9.59 Å². The average Bonchev–Trinajstić information content (AvgIpc) is 2.92. The quantitative estimate of drug-likeness (QED) is 0.259. The summed E-state index contributed by atoms with van der Waals surface area (Å²) in [7, 11) is 0. The molecule has 0 aliphatic heterocycles. The monoisotopic (exact) mass is 502 g/mol. The van der Waals surface area contributed by atoms with Gasteiger partial charge in [0.1, 0.15) is 0 Å². The number of carbonyl (C=O) groups excluding carboxylic acids is 2. The van der Waals surface area contributed by atoms with E-state index < -0.39 is 0 Å². The number of Topliss-reactive ketones (excluding diaryl/α,β-unsaturated/α-hetero) is 2. The van der Waals surface area contributed by atoms with Crippen molar-refractivity contribution in [1.82, 2.24) is 0 Å². The largest absolute Gasteiger partial charge is 0.289 e. The minimum atomic E-state index is -0.0267. The number of benzene rings is 3. The fraction of sp³-hybridized carbons (Fsp3) is 0.278. The van der Waals surface area contributed by atoms with E-state index in [1.807, 2.05) is 12.1 Å². The van der Waals surface area contributed by atoms with E-state index in [-0.39, 0.29) is 11.6 Å². The number of rotatable bonds is 10. The van der Waals surface area contributed by atoms with Crippen molar-refractivity contribution in [1.29, 1.82) is 0 Å². The molecule has 0 unspecified atom stereocenters. The van der Waals surface area contributed by atoms with Gasteiger partial charge >= 0.3 is 0 Å². The maximum atomic E-state index is 12.9. The highest BCUT2D eigenvalue weighted by Crippen LogP contribution is 2.28. The Bertz CT molecular complexity index is 1470. The Kier molecular flexibility index (Phi) is 9.07. The SMILES string of the molecule is CC1=C(C/C=C(\C)CC/C=C(\C)CC/C=C(\C)Cc2cccc3ccccc23)C(=O)c2ccccc2C1=O. The Labute approximate surface area is 227 Å². The summed E-state index contributed by atoms with van der Waals surface area (Å²) in [6, 6.07) is 22.3. The average molecular weight is 503 g/mol. The number of carbonyl (C=O) groups is 2. The van der Waals surface area contributed by atoms with Crippen LogP contribution >= 0.6 is 0 Å². The third kappa shape index (κ3) is 6.55.